The second-order valence-electron chi connectivity index (χ2n) is 4.67. The topological polar surface area (TPSA) is 94.0 Å². The molecule has 1 heterocycles. The van der Waals surface area contributed by atoms with Crippen LogP contribution in [0.3, 0.4) is 0 Å². The lowest BCUT2D eigenvalue weighted by molar-refractivity contribution is -0.133. The molecule has 0 saturated carbocycles. The van der Waals surface area contributed by atoms with E-state index in [1.165, 1.54) is 17.5 Å². The highest BCUT2D eigenvalue weighted by Gasteiger charge is 2.16. The van der Waals surface area contributed by atoms with Gasteiger partial charge >= 0.3 is 5.97 Å². The van der Waals surface area contributed by atoms with E-state index in [1.807, 2.05) is 6.07 Å². The number of carboxylic acids is 1. The molecule has 0 bridgehead atoms. The first-order chi connectivity index (χ1) is 9.65. The van der Waals surface area contributed by atoms with E-state index in [1.54, 1.807) is 4.57 Å². The molecular formula is C13H14N4O2S. The Morgan fingerprint density at radius 1 is 1.35 bits per heavy atom. The number of anilines is 1. The second-order valence-corrected chi connectivity index (χ2v) is 5.61. The van der Waals surface area contributed by atoms with E-state index in [4.69, 9.17) is 10.8 Å². The lowest BCUT2D eigenvalue weighted by Crippen LogP contribution is -2.05. The van der Waals surface area contributed by atoms with Gasteiger partial charge in [-0.1, -0.05) is 17.8 Å². The van der Waals surface area contributed by atoms with Gasteiger partial charge in [0.2, 0.25) is 5.95 Å². The number of carbonyl (C=O) groups is 1. The smallest absolute Gasteiger partial charge is 0.313 e. The monoisotopic (exact) mass is 290 g/mol. The number of carboxylic acid groups (broad SMARTS) is 1. The number of nitrogens with zero attached hydrogens (tertiary/aromatic N) is 3. The zero-order valence-electron chi connectivity index (χ0n) is 10.7. The van der Waals surface area contributed by atoms with E-state index in [2.05, 4.69) is 22.3 Å². The van der Waals surface area contributed by atoms with Gasteiger partial charge < -0.3 is 10.8 Å². The van der Waals surface area contributed by atoms with Crippen molar-refractivity contribution in [2.24, 2.45) is 0 Å². The predicted octanol–water partition coefficient (Wildman–Crippen LogP) is 1.51. The molecule has 3 rings (SSSR count). The van der Waals surface area contributed by atoms with Crippen LogP contribution >= 0.6 is 11.8 Å². The van der Waals surface area contributed by atoms with Gasteiger partial charge in [-0.05, 0) is 42.5 Å². The average molecular weight is 290 g/mol. The summed E-state index contributed by atoms with van der Waals surface area (Å²) in [5.74, 6) is -0.684. The third-order valence-corrected chi connectivity index (χ3v) is 4.24. The van der Waals surface area contributed by atoms with Crippen LogP contribution in [0.4, 0.5) is 5.95 Å². The van der Waals surface area contributed by atoms with Crippen LogP contribution in [0.5, 0.6) is 0 Å². The maximum atomic E-state index is 10.7. The number of aromatic nitrogens is 3. The number of hydrogen-bond donors (Lipinski definition) is 2. The summed E-state index contributed by atoms with van der Waals surface area (Å²) >= 11 is 1.11. The lowest BCUT2D eigenvalue weighted by Gasteiger charge is -2.09. The Bertz CT molecular complexity index is 668. The minimum atomic E-state index is -0.892. The Kier molecular flexibility index (Phi) is 3.35. The molecule has 0 amide bonds. The third kappa shape index (κ3) is 2.36. The summed E-state index contributed by atoms with van der Waals surface area (Å²) in [4.78, 5) is 10.7. The van der Waals surface area contributed by atoms with Crippen molar-refractivity contribution in [1.82, 2.24) is 14.8 Å². The maximum absolute atomic E-state index is 10.7. The van der Waals surface area contributed by atoms with Crippen molar-refractivity contribution in [3.05, 3.63) is 29.3 Å². The summed E-state index contributed by atoms with van der Waals surface area (Å²) in [5.41, 5.74) is 9.44. The fourth-order valence-electron chi connectivity index (χ4n) is 2.44. The zero-order valence-corrected chi connectivity index (χ0v) is 11.6. The summed E-state index contributed by atoms with van der Waals surface area (Å²) in [7, 11) is 0. The molecule has 0 saturated heterocycles. The number of nitrogens with two attached hydrogens (primary N) is 1. The Labute approximate surface area is 120 Å². The van der Waals surface area contributed by atoms with Crippen LogP contribution in [0, 0.1) is 0 Å². The molecule has 0 fully saturated rings. The van der Waals surface area contributed by atoms with Gasteiger partial charge in [0.15, 0.2) is 5.16 Å². The van der Waals surface area contributed by atoms with Crippen LogP contribution in [0.1, 0.15) is 17.5 Å². The van der Waals surface area contributed by atoms with E-state index < -0.39 is 5.97 Å². The van der Waals surface area contributed by atoms with Gasteiger partial charge in [0.1, 0.15) is 0 Å². The van der Waals surface area contributed by atoms with Gasteiger partial charge in [-0.25, -0.2) is 0 Å². The van der Waals surface area contributed by atoms with Crippen LogP contribution in [0.25, 0.3) is 5.69 Å². The molecule has 20 heavy (non-hydrogen) atoms. The molecule has 0 spiro atoms. The van der Waals surface area contributed by atoms with E-state index in [0.29, 0.717) is 5.16 Å². The Hall–Kier alpha value is -2.02. The molecule has 0 atom stereocenters. The van der Waals surface area contributed by atoms with Crippen LogP contribution in [-0.4, -0.2) is 31.6 Å². The number of thioether (sulfide) groups is 1. The molecule has 1 aliphatic rings. The van der Waals surface area contributed by atoms with Crippen molar-refractivity contribution in [2.45, 2.75) is 24.4 Å². The number of hydrogen-bond acceptors (Lipinski definition) is 5. The van der Waals surface area contributed by atoms with E-state index in [-0.39, 0.29) is 11.7 Å². The number of nitrogen functional groups attached to an aromatic ring is 1. The Balaban J connectivity index is 1.97. The first kappa shape index (κ1) is 13.0. The first-order valence-corrected chi connectivity index (χ1v) is 7.31. The van der Waals surface area contributed by atoms with Crippen molar-refractivity contribution in [1.29, 1.82) is 0 Å². The highest BCUT2D eigenvalue weighted by molar-refractivity contribution is 7.99. The highest BCUT2D eigenvalue weighted by Crippen LogP contribution is 2.28. The molecule has 7 heteroatoms. The lowest BCUT2D eigenvalue weighted by atomic mass is 10.1. The van der Waals surface area contributed by atoms with Gasteiger partial charge in [0, 0.05) is 0 Å². The van der Waals surface area contributed by atoms with E-state index in [9.17, 15) is 4.79 Å². The minimum Gasteiger partial charge on any atom is -0.481 e. The Morgan fingerprint density at radius 2 is 2.15 bits per heavy atom. The molecule has 1 aromatic carbocycles. The van der Waals surface area contributed by atoms with Crippen LogP contribution in [0.2, 0.25) is 0 Å². The fourth-order valence-corrected chi connectivity index (χ4v) is 3.12. The molecule has 1 aromatic heterocycles. The molecule has 6 nitrogen and oxygen atoms in total. The highest BCUT2D eigenvalue weighted by atomic mass is 32.2. The normalized spacial score (nSPS) is 13.4. The molecule has 104 valence electrons. The quantitative estimate of drug-likeness (QED) is 0.829. The number of aryl methyl sites for hydroxylation is 2. The number of aliphatic carboxylic acids is 1. The summed E-state index contributed by atoms with van der Waals surface area (Å²) in [6, 6.07) is 6.17. The van der Waals surface area contributed by atoms with Gasteiger partial charge in [-0.3, -0.25) is 9.36 Å². The SMILES string of the molecule is Nc1nnc(SCC(=O)O)n1-c1ccc2c(c1)CCC2. The minimum absolute atomic E-state index is 0.0664. The molecule has 1 aliphatic carbocycles. The number of rotatable bonds is 4. The molecule has 2 aromatic rings. The molecule has 3 N–H and O–H groups in total. The average Bonchev–Trinajstić information content (AvgIpc) is 3.01. The molecular weight excluding hydrogens is 276 g/mol. The van der Waals surface area contributed by atoms with Gasteiger partial charge in [0.25, 0.3) is 0 Å². The van der Waals surface area contributed by atoms with Crippen molar-refractivity contribution >= 4 is 23.7 Å². The van der Waals surface area contributed by atoms with Gasteiger partial charge in [-0.2, -0.15) is 0 Å². The van der Waals surface area contributed by atoms with Crippen molar-refractivity contribution < 1.29 is 9.90 Å². The summed E-state index contributed by atoms with van der Waals surface area (Å²) < 4.78 is 1.70. The van der Waals surface area contributed by atoms with Crippen molar-refractivity contribution in [3.63, 3.8) is 0 Å². The van der Waals surface area contributed by atoms with Crippen molar-refractivity contribution in [2.75, 3.05) is 11.5 Å². The van der Waals surface area contributed by atoms with Gasteiger partial charge in [0.05, 0.1) is 11.4 Å². The Morgan fingerprint density at radius 3 is 2.95 bits per heavy atom. The number of fused-ring (bicyclic) bond motifs is 1. The maximum Gasteiger partial charge on any atom is 0.313 e. The number of benzene rings is 1. The fraction of sp³-hybridized carbons (Fsp3) is 0.308. The predicted molar refractivity (Wildman–Crippen MR) is 76.2 cm³/mol. The van der Waals surface area contributed by atoms with Gasteiger partial charge in [-0.15, -0.1) is 10.2 Å². The standard InChI is InChI=1S/C13H14N4O2S/c14-12-15-16-13(20-7-11(18)19)17(12)10-5-4-8-2-1-3-9(8)6-10/h4-6H,1-3,7H2,(H2,14,15)(H,18,19). The summed E-state index contributed by atoms with van der Waals surface area (Å²) in [6.45, 7) is 0. The van der Waals surface area contributed by atoms with Crippen LogP contribution in [0.15, 0.2) is 23.4 Å². The second kappa shape index (κ2) is 5.16. The molecule has 0 unspecified atom stereocenters. The van der Waals surface area contributed by atoms with E-state index in [0.717, 1.165) is 30.3 Å². The van der Waals surface area contributed by atoms with Crippen LogP contribution in [-0.2, 0) is 17.6 Å². The molecule has 0 radical (unpaired) electrons. The summed E-state index contributed by atoms with van der Waals surface area (Å²) in [5, 5.41) is 17.0. The molecule has 0 aliphatic heterocycles. The third-order valence-electron chi connectivity index (χ3n) is 3.32. The van der Waals surface area contributed by atoms with Crippen LogP contribution < -0.4 is 5.73 Å². The van der Waals surface area contributed by atoms with E-state index >= 15 is 0 Å². The van der Waals surface area contributed by atoms with Crippen molar-refractivity contribution in [3.8, 4) is 5.69 Å². The largest absolute Gasteiger partial charge is 0.481 e. The summed E-state index contributed by atoms with van der Waals surface area (Å²) in [6.07, 6.45) is 3.37. The first-order valence-electron chi connectivity index (χ1n) is 6.33. The zero-order chi connectivity index (χ0) is 14.1.